The SMILES string of the molecule is CCCCN1C(=O)/C(=C/C=C2/Sc3ccccc3N2CCC(=O)OCC)SC1=S. The Morgan fingerprint density at radius 3 is 2.69 bits per heavy atom. The van der Waals surface area contributed by atoms with Crippen LogP contribution in [-0.2, 0) is 14.3 Å². The third kappa shape index (κ3) is 5.24. The van der Waals surface area contributed by atoms with Crippen molar-refractivity contribution in [3.05, 3.63) is 46.4 Å². The summed E-state index contributed by atoms with van der Waals surface area (Å²) >= 11 is 8.35. The molecule has 2 heterocycles. The molecule has 1 saturated heterocycles. The van der Waals surface area contributed by atoms with Crippen LogP contribution in [0.25, 0.3) is 0 Å². The Morgan fingerprint density at radius 2 is 1.93 bits per heavy atom. The Kier molecular flexibility index (Phi) is 7.80. The highest BCUT2D eigenvalue weighted by Gasteiger charge is 2.31. The molecule has 1 aromatic rings. The molecular weight excluding hydrogens is 424 g/mol. The number of carbonyl (C=O) groups excluding carboxylic acids is 2. The van der Waals surface area contributed by atoms with Gasteiger partial charge in [0, 0.05) is 18.0 Å². The lowest BCUT2D eigenvalue weighted by molar-refractivity contribution is -0.142. The summed E-state index contributed by atoms with van der Waals surface area (Å²) in [6.45, 7) is 5.48. The van der Waals surface area contributed by atoms with Crippen LogP contribution in [0.15, 0.2) is 51.2 Å². The van der Waals surface area contributed by atoms with Gasteiger partial charge in [0.1, 0.15) is 4.32 Å². The maximum absolute atomic E-state index is 12.7. The fourth-order valence-corrected chi connectivity index (χ4v) is 5.35. The van der Waals surface area contributed by atoms with Crippen LogP contribution in [0.3, 0.4) is 0 Å². The number of rotatable bonds is 8. The fourth-order valence-electron chi connectivity index (χ4n) is 3.01. The van der Waals surface area contributed by atoms with E-state index in [2.05, 4.69) is 17.9 Å². The molecule has 0 unspecified atom stereocenters. The number of allylic oxidation sites excluding steroid dienone is 2. The van der Waals surface area contributed by atoms with Crippen molar-refractivity contribution in [2.24, 2.45) is 0 Å². The molecule has 0 spiro atoms. The lowest BCUT2D eigenvalue weighted by atomic mass is 10.2. The number of hydrogen-bond donors (Lipinski definition) is 0. The highest BCUT2D eigenvalue weighted by Crippen LogP contribution is 2.46. The van der Waals surface area contributed by atoms with Crippen LogP contribution < -0.4 is 4.90 Å². The van der Waals surface area contributed by atoms with Crippen molar-refractivity contribution < 1.29 is 14.3 Å². The van der Waals surface area contributed by atoms with E-state index in [1.807, 2.05) is 30.4 Å². The number of ether oxygens (including phenoxy) is 1. The molecule has 1 aromatic carbocycles. The number of hydrogen-bond acceptors (Lipinski definition) is 7. The number of thioether (sulfide) groups is 2. The number of amides is 1. The van der Waals surface area contributed by atoms with E-state index in [4.69, 9.17) is 17.0 Å². The highest BCUT2D eigenvalue weighted by atomic mass is 32.2. The molecule has 0 atom stereocenters. The van der Waals surface area contributed by atoms with Crippen molar-refractivity contribution in [1.29, 1.82) is 0 Å². The second-order valence-electron chi connectivity index (χ2n) is 6.49. The van der Waals surface area contributed by atoms with Gasteiger partial charge >= 0.3 is 5.97 Å². The van der Waals surface area contributed by atoms with Crippen LogP contribution in [0.2, 0.25) is 0 Å². The first-order valence-electron chi connectivity index (χ1n) is 9.70. The Balaban J connectivity index is 1.78. The van der Waals surface area contributed by atoms with Crippen molar-refractivity contribution in [3.63, 3.8) is 0 Å². The van der Waals surface area contributed by atoms with Crippen molar-refractivity contribution >= 4 is 57.6 Å². The highest BCUT2D eigenvalue weighted by molar-refractivity contribution is 8.26. The number of esters is 1. The molecule has 29 heavy (non-hydrogen) atoms. The summed E-state index contributed by atoms with van der Waals surface area (Å²) in [5.74, 6) is -0.234. The van der Waals surface area contributed by atoms with Crippen LogP contribution in [0.5, 0.6) is 0 Å². The summed E-state index contributed by atoms with van der Waals surface area (Å²) in [5, 5.41) is 0.981. The van der Waals surface area contributed by atoms with Gasteiger partial charge in [0.15, 0.2) is 0 Å². The van der Waals surface area contributed by atoms with Crippen LogP contribution in [0.4, 0.5) is 5.69 Å². The Labute approximate surface area is 185 Å². The van der Waals surface area contributed by atoms with Crippen molar-refractivity contribution in [2.75, 3.05) is 24.6 Å². The van der Waals surface area contributed by atoms with E-state index in [9.17, 15) is 9.59 Å². The van der Waals surface area contributed by atoms with Crippen LogP contribution in [0, 0.1) is 0 Å². The predicted molar refractivity (Wildman–Crippen MR) is 124 cm³/mol. The standard InChI is InChI=1S/C21H24N2O3S3/c1-3-5-13-23-20(25)17(29-21(23)27)10-11-18-22(14-12-19(24)26-4-2)15-8-6-7-9-16(15)28-18/h6-11H,3-5,12-14H2,1-2H3/b17-10-,18-11+. The molecule has 2 aliphatic heterocycles. The van der Waals surface area contributed by atoms with Gasteiger partial charge in [0.25, 0.3) is 5.91 Å². The second kappa shape index (κ2) is 10.3. The van der Waals surface area contributed by atoms with Crippen molar-refractivity contribution in [1.82, 2.24) is 4.90 Å². The Bertz CT molecular complexity index is 866. The molecule has 5 nitrogen and oxygen atoms in total. The number of thiocarbonyl (C=S) groups is 1. The quantitative estimate of drug-likeness (QED) is 0.317. The molecule has 0 aliphatic carbocycles. The molecular formula is C21H24N2O3S3. The van der Waals surface area contributed by atoms with E-state index in [1.165, 1.54) is 11.8 Å². The minimum atomic E-state index is -0.210. The van der Waals surface area contributed by atoms with Gasteiger partial charge in [-0.15, -0.1) is 0 Å². The zero-order valence-corrected chi connectivity index (χ0v) is 19.0. The number of para-hydroxylation sites is 1. The molecule has 1 amide bonds. The van der Waals surface area contributed by atoms with Gasteiger partial charge < -0.3 is 9.64 Å². The van der Waals surface area contributed by atoms with Gasteiger partial charge in [-0.25, -0.2) is 0 Å². The van der Waals surface area contributed by atoms with E-state index in [1.54, 1.807) is 23.6 Å². The first-order valence-corrected chi connectivity index (χ1v) is 11.7. The zero-order valence-electron chi connectivity index (χ0n) is 16.6. The van der Waals surface area contributed by atoms with Crippen molar-refractivity contribution in [2.45, 2.75) is 38.0 Å². The summed E-state index contributed by atoms with van der Waals surface area (Å²) in [7, 11) is 0. The molecule has 8 heteroatoms. The largest absolute Gasteiger partial charge is 0.466 e. The van der Waals surface area contributed by atoms with E-state index in [-0.39, 0.29) is 11.9 Å². The van der Waals surface area contributed by atoms with Gasteiger partial charge in [-0.3, -0.25) is 14.5 Å². The maximum Gasteiger partial charge on any atom is 0.307 e. The lowest BCUT2D eigenvalue weighted by Crippen LogP contribution is -2.28. The molecule has 154 valence electrons. The Morgan fingerprint density at radius 1 is 1.14 bits per heavy atom. The normalized spacial score (nSPS) is 18.8. The van der Waals surface area contributed by atoms with E-state index < -0.39 is 0 Å². The monoisotopic (exact) mass is 448 g/mol. The number of nitrogens with zero attached hydrogens (tertiary/aromatic N) is 2. The number of benzene rings is 1. The number of unbranched alkanes of at least 4 members (excludes halogenated alkanes) is 1. The van der Waals surface area contributed by atoms with Crippen LogP contribution in [0.1, 0.15) is 33.1 Å². The Hall–Kier alpha value is -1.77. The first-order chi connectivity index (χ1) is 14.0. The maximum atomic E-state index is 12.7. The molecule has 0 bridgehead atoms. The third-order valence-electron chi connectivity index (χ3n) is 4.47. The zero-order chi connectivity index (χ0) is 20.8. The summed E-state index contributed by atoms with van der Waals surface area (Å²) in [6.07, 6.45) is 6.05. The number of fused-ring (bicyclic) bond motifs is 1. The van der Waals surface area contributed by atoms with Gasteiger partial charge in [0.05, 0.1) is 28.6 Å². The predicted octanol–water partition coefficient (Wildman–Crippen LogP) is 4.94. The summed E-state index contributed by atoms with van der Waals surface area (Å²) in [5.41, 5.74) is 1.07. The molecule has 2 aliphatic rings. The van der Waals surface area contributed by atoms with Gasteiger partial charge in [-0.1, -0.05) is 61.2 Å². The molecule has 0 N–H and O–H groups in total. The first kappa shape index (κ1) is 21.9. The number of anilines is 1. The summed E-state index contributed by atoms with van der Waals surface area (Å²) < 4.78 is 5.68. The van der Waals surface area contributed by atoms with Crippen LogP contribution >= 0.6 is 35.7 Å². The van der Waals surface area contributed by atoms with Gasteiger partial charge in [0.2, 0.25) is 0 Å². The van der Waals surface area contributed by atoms with E-state index in [0.29, 0.717) is 35.3 Å². The van der Waals surface area contributed by atoms with Gasteiger partial charge in [-0.2, -0.15) is 0 Å². The minimum Gasteiger partial charge on any atom is -0.466 e. The molecule has 1 fully saturated rings. The lowest BCUT2D eigenvalue weighted by Gasteiger charge is -2.19. The second-order valence-corrected chi connectivity index (χ2v) is 9.23. The van der Waals surface area contributed by atoms with Crippen LogP contribution in [-0.4, -0.2) is 40.8 Å². The fraction of sp³-hybridized carbons (Fsp3) is 0.381. The number of carbonyl (C=O) groups is 2. The van der Waals surface area contributed by atoms with E-state index >= 15 is 0 Å². The van der Waals surface area contributed by atoms with Gasteiger partial charge in [-0.05, 0) is 37.6 Å². The average molecular weight is 449 g/mol. The summed E-state index contributed by atoms with van der Waals surface area (Å²) in [4.78, 5) is 30.0. The molecule has 0 saturated carbocycles. The third-order valence-corrected chi connectivity index (χ3v) is 6.99. The summed E-state index contributed by atoms with van der Waals surface area (Å²) in [6, 6.07) is 8.08. The minimum absolute atomic E-state index is 0.0242. The van der Waals surface area contributed by atoms with Crippen molar-refractivity contribution in [3.8, 4) is 0 Å². The van der Waals surface area contributed by atoms with E-state index in [0.717, 1.165) is 28.5 Å². The average Bonchev–Trinajstić information content (AvgIpc) is 3.20. The smallest absolute Gasteiger partial charge is 0.307 e. The molecule has 3 rings (SSSR count). The topological polar surface area (TPSA) is 49.9 Å². The molecule has 0 aromatic heterocycles. The molecule has 0 radical (unpaired) electrons.